The quantitative estimate of drug-likeness (QED) is 0.814. The molecule has 0 spiro atoms. The lowest BCUT2D eigenvalue weighted by Crippen LogP contribution is -2.41. The lowest BCUT2D eigenvalue weighted by molar-refractivity contribution is -0.136. The van der Waals surface area contributed by atoms with E-state index in [9.17, 15) is 9.90 Å². The van der Waals surface area contributed by atoms with Gasteiger partial charge in [-0.15, -0.1) is 0 Å². The van der Waals surface area contributed by atoms with Crippen LogP contribution in [0.5, 0.6) is 0 Å². The molecule has 5 nitrogen and oxygen atoms in total. The van der Waals surface area contributed by atoms with Gasteiger partial charge in [-0.1, -0.05) is 18.2 Å². The van der Waals surface area contributed by atoms with Crippen molar-refractivity contribution in [3.63, 3.8) is 0 Å². The van der Waals surface area contributed by atoms with Crippen molar-refractivity contribution < 1.29 is 9.90 Å². The van der Waals surface area contributed by atoms with Crippen molar-refractivity contribution >= 4 is 27.4 Å². The SMILES string of the molecule is [C-]#[N+]c1ccc(CC(=O)[C@@](C)(O)Cn2ncc(C)c2Br)cc1C. The summed E-state index contributed by atoms with van der Waals surface area (Å²) in [5, 5.41) is 14.7. The van der Waals surface area contributed by atoms with Crippen LogP contribution in [0.25, 0.3) is 4.85 Å². The average Bonchev–Trinajstić information content (AvgIpc) is 2.79. The largest absolute Gasteiger partial charge is 0.380 e. The monoisotopic (exact) mass is 375 g/mol. The third-order valence-corrected chi connectivity index (χ3v) is 4.78. The van der Waals surface area contributed by atoms with Gasteiger partial charge in [-0.05, 0) is 47.8 Å². The fourth-order valence-electron chi connectivity index (χ4n) is 2.28. The van der Waals surface area contributed by atoms with Crippen molar-refractivity contribution in [3.05, 3.63) is 57.1 Å². The van der Waals surface area contributed by atoms with Crippen molar-refractivity contribution in [1.82, 2.24) is 9.78 Å². The van der Waals surface area contributed by atoms with Crippen molar-refractivity contribution in [2.24, 2.45) is 0 Å². The number of halogens is 1. The number of ketones is 1. The molecule has 1 atom stereocenters. The maximum Gasteiger partial charge on any atom is 0.190 e. The third-order valence-electron chi connectivity index (χ3n) is 3.75. The van der Waals surface area contributed by atoms with Gasteiger partial charge in [-0.2, -0.15) is 5.10 Å². The topological polar surface area (TPSA) is 59.5 Å². The molecule has 0 aliphatic heterocycles. The number of carbonyl (C=O) groups excluding carboxylic acids is 1. The summed E-state index contributed by atoms with van der Waals surface area (Å²) in [7, 11) is 0. The van der Waals surface area contributed by atoms with Gasteiger partial charge in [0.25, 0.3) is 0 Å². The molecule has 1 aromatic carbocycles. The van der Waals surface area contributed by atoms with Gasteiger partial charge in [0.15, 0.2) is 11.5 Å². The molecule has 0 saturated heterocycles. The lowest BCUT2D eigenvalue weighted by Gasteiger charge is -2.22. The van der Waals surface area contributed by atoms with Gasteiger partial charge < -0.3 is 5.11 Å². The summed E-state index contributed by atoms with van der Waals surface area (Å²) in [6.45, 7) is 12.4. The van der Waals surface area contributed by atoms with E-state index >= 15 is 0 Å². The zero-order chi connectivity index (χ0) is 17.2. The Labute approximate surface area is 143 Å². The second-order valence-corrected chi connectivity index (χ2v) is 6.63. The number of Topliss-reactive ketones (excluding diaryl/α,β-unsaturated/α-hetero) is 1. The highest BCUT2D eigenvalue weighted by Gasteiger charge is 2.31. The molecule has 0 aliphatic rings. The molecule has 120 valence electrons. The van der Waals surface area contributed by atoms with Crippen LogP contribution in [-0.4, -0.2) is 26.3 Å². The molecule has 6 heteroatoms. The molecule has 23 heavy (non-hydrogen) atoms. The Kier molecular flexibility index (Phi) is 5.03. The minimum atomic E-state index is -1.52. The maximum absolute atomic E-state index is 12.5. The number of aromatic nitrogens is 2. The van der Waals surface area contributed by atoms with Crippen LogP contribution < -0.4 is 0 Å². The van der Waals surface area contributed by atoms with Crippen LogP contribution in [0, 0.1) is 20.4 Å². The molecule has 0 aliphatic carbocycles. The smallest absolute Gasteiger partial charge is 0.190 e. The molecule has 0 amide bonds. The first kappa shape index (κ1) is 17.4. The number of aryl methyl sites for hydroxylation is 2. The van der Waals surface area contributed by atoms with Gasteiger partial charge in [-0.3, -0.25) is 9.48 Å². The van der Waals surface area contributed by atoms with Gasteiger partial charge in [0.2, 0.25) is 0 Å². The van der Waals surface area contributed by atoms with Crippen LogP contribution in [0.15, 0.2) is 29.0 Å². The Bertz CT molecular complexity index is 788. The predicted molar refractivity (Wildman–Crippen MR) is 91.4 cm³/mol. The second kappa shape index (κ2) is 6.65. The standard InChI is InChI=1S/C17H18BrN3O2/c1-11-7-13(5-6-14(11)19-4)8-15(22)17(3,23)10-21-16(18)12(2)9-20-21/h5-7,9,23H,8,10H2,1-3H3/t17-/m0/s1. The summed E-state index contributed by atoms with van der Waals surface area (Å²) in [4.78, 5) is 15.9. The lowest BCUT2D eigenvalue weighted by atomic mass is 9.94. The van der Waals surface area contributed by atoms with E-state index in [1.165, 1.54) is 6.92 Å². The Morgan fingerprint density at radius 1 is 1.43 bits per heavy atom. The van der Waals surface area contributed by atoms with Crippen LogP contribution in [0.4, 0.5) is 5.69 Å². The number of aliphatic hydroxyl groups is 1. The Hall–Kier alpha value is -1.97. The van der Waals surface area contributed by atoms with E-state index < -0.39 is 5.60 Å². The molecule has 2 rings (SSSR count). The number of rotatable bonds is 5. The minimum Gasteiger partial charge on any atom is -0.380 e. The summed E-state index contributed by atoms with van der Waals surface area (Å²) in [5.41, 5.74) is 1.61. The zero-order valence-electron chi connectivity index (χ0n) is 13.3. The number of hydrogen-bond acceptors (Lipinski definition) is 3. The molecule has 0 unspecified atom stereocenters. The maximum atomic E-state index is 12.5. The van der Waals surface area contributed by atoms with Gasteiger partial charge >= 0.3 is 0 Å². The fraction of sp³-hybridized carbons (Fsp3) is 0.353. The average molecular weight is 376 g/mol. The fourth-order valence-corrected chi connectivity index (χ4v) is 2.60. The van der Waals surface area contributed by atoms with Crippen LogP contribution in [0.2, 0.25) is 0 Å². The molecule has 0 fully saturated rings. The molecule has 0 bridgehead atoms. The first-order chi connectivity index (χ1) is 10.7. The predicted octanol–water partition coefficient (Wildman–Crippen LogP) is 3.38. The summed E-state index contributed by atoms with van der Waals surface area (Å²) in [5.74, 6) is -0.285. The summed E-state index contributed by atoms with van der Waals surface area (Å²) in [6, 6.07) is 5.27. The van der Waals surface area contributed by atoms with Crippen LogP contribution >= 0.6 is 15.9 Å². The highest BCUT2D eigenvalue weighted by molar-refractivity contribution is 9.10. The number of carbonyl (C=O) groups is 1. The molecule has 1 aromatic heterocycles. The third kappa shape index (κ3) is 3.87. The van der Waals surface area contributed by atoms with E-state index in [-0.39, 0.29) is 18.7 Å². The first-order valence-corrected chi connectivity index (χ1v) is 7.94. The van der Waals surface area contributed by atoms with Crippen LogP contribution in [0.1, 0.15) is 23.6 Å². The highest BCUT2D eigenvalue weighted by Crippen LogP contribution is 2.22. The molecule has 2 aromatic rings. The second-order valence-electron chi connectivity index (χ2n) is 5.88. The van der Waals surface area contributed by atoms with Gasteiger partial charge in [0.05, 0.1) is 19.3 Å². The molecule has 0 saturated carbocycles. The van der Waals surface area contributed by atoms with Gasteiger partial charge in [0.1, 0.15) is 10.2 Å². The molecule has 0 radical (unpaired) electrons. The number of nitrogens with zero attached hydrogens (tertiary/aromatic N) is 3. The van der Waals surface area contributed by atoms with E-state index in [4.69, 9.17) is 6.57 Å². The van der Waals surface area contributed by atoms with Crippen molar-refractivity contribution in [3.8, 4) is 0 Å². The van der Waals surface area contributed by atoms with E-state index in [2.05, 4.69) is 25.9 Å². The van der Waals surface area contributed by atoms with Gasteiger partial charge in [-0.25, -0.2) is 4.85 Å². The summed E-state index contributed by atoms with van der Waals surface area (Å²) < 4.78 is 2.32. The molecule has 1 N–H and O–H groups in total. The summed E-state index contributed by atoms with van der Waals surface area (Å²) in [6.07, 6.45) is 1.79. The van der Waals surface area contributed by atoms with E-state index in [0.29, 0.717) is 5.69 Å². The van der Waals surface area contributed by atoms with Gasteiger partial charge in [0, 0.05) is 12.0 Å². The highest BCUT2D eigenvalue weighted by atomic mass is 79.9. The van der Waals surface area contributed by atoms with E-state index in [1.807, 2.05) is 19.9 Å². The normalized spacial score (nSPS) is 13.4. The van der Waals surface area contributed by atoms with Crippen LogP contribution in [-0.2, 0) is 17.8 Å². The molecular weight excluding hydrogens is 358 g/mol. The van der Waals surface area contributed by atoms with Crippen molar-refractivity contribution in [2.45, 2.75) is 39.3 Å². The van der Waals surface area contributed by atoms with E-state index in [0.717, 1.165) is 21.3 Å². The minimum absolute atomic E-state index is 0.0827. The summed E-state index contributed by atoms with van der Waals surface area (Å²) >= 11 is 3.39. The Balaban J connectivity index is 2.14. The molecule has 1 heterocycles. The van der Waals surface area contributed by atoms with E-state index in [1.54, 1.807) is 23.0 Å². The zero-order valence-corrected chi connectivity index (χ0v) is 14.9. The number of benzene rings is 1. The van der Waals surface area contributed by atoms with Crippen molar-refractivity contribution in [1.29, 1.82) is 0 Å². The molecular formula is C17H18BrN3O2. The van der Waals surface area contributed by atoms with Crippen LogP contribution in [0.3, 0.4) is 0 Å². The number of hydrogen-bond donors (Lipinski definition) is 1. The Morgan fingerprint density at radius 3 is 2.65 bits per heavy atom. The Morgan fingerprint density at radius 2 is 2.13 bits per heavy atom. The first-order valence-electron chi connectivity index (χ1n) is 7.15. The van der Waals surface area contributed by atoms with Crippen molar-refractivity contribution in [2.75, 3.05) is 0 Å².